The number of carbonyl (C=O) groups is 1. The second-order valence-corrected chi connectivity index (χ2v) is 12.1. The maximum Gasteiger partial charge on any atom is 0.410 e. The molecule has 1 amide bonds. The fraction of sp³-hybridized carbons (Fsp3) is 0.576. The number of piperidine rings is 1. The molecule has 1 aromatic carbocycles. The van der Waals surface area contributed by atoms with Crippen LogP contribution < -0.4 is 9.64 Å². The number of benzene rings is 1. The molecule has 2 aromatic heterocycles. The Labute approximate surface area is 259 Å². The molecule has 0 spiro atoms. The van der Waals surface area contributed by atoms with Crippen LogP contribution in [-0.4, -0.2) is 83.3 Å². The third-order valence-corrected chi connectivity index (χ3v) is 9.18. The van der Waals surface area contributed by atoms with Crippen LogP contribution in [0.5, 0.6) is 5.75 Å². The monoisotopic (exact) mass is 604 g/mol. The maximum atomic E-state index is 12.8. The van der Waals surface area contributed by atoms with Crippen LogP contribution in [0.4, 0.5) is 10.6 Å². The lowest BCUT2D eigenvalue weighted by Crippen LogP contribution is -2.52. The van der Waals surface area contributed by atoms with Gasteiger partial charge in [0.05, 0.1) is 18.5 Å². The lowest BCUT2D eigenvalue weighted by molar-refractivity contribution is -0.0394. The van der Waals surface area contributed by atoms with Gasteiger partial charge >= 0.3 is 6.09 Å². The molecule has 236 valence electrons. The van der Waals surface area contributed by atoms with Crippen molar-refractivity contribution in [1.29, 1.82) is 0 Å². The molecule has 3 aromatic rings. The predicted octanol–water partition coefficient (Wildman–Crippen LogP) is 6.06. The number of nitrogens with zero attached hydrogens (tertiary/aromatic N) is 6. The minimum Gasteiger partial charge on any atom is -0.467 e. The first-order valence-electron chi connectivity index (χ1n) is 16.0. The summed E-state index contributed by atoms with van der Waals surface area (Å²) >= 11 is 0. The van der Waals surface area contributed by atoms with Crippen LogP contribution in [-0.2, 0) is 14.2 Å². The number of hydrogen-bond donors (Lipinski definition) is 0. The zero-order valence-corrected chi connectivity index (χ0v) is 26.1. The molecule has 0 saturated carbocycles. The third-order valence-electron chi connectivity index (χ3n) is 9.18. The molecule has 4 atom stereocenters. The number of anilines is 1. The van der Waals surface area contributed by atoms with Gasteiger partial charge in [0.15, 0.2) is 12.6 Å². The summed E-state index contributed by atoms with van der Waals surface area (Å²) in [5, 5.41) is 13.8. The SMILES string of the molecule is CCCCOC(=O)N1[C@@H]2CC[C@H]1CC(N(C)c1ccc(-c3ccc(-c4cnn(C5CCCCO5)c4)cc3OCOC)nn1)C2. The molecule has 2 unspecified atom stereocenters. The molecule has 6 rings (SSSR count). The van der Waals surface area contributed by atoms with Gasteiger partial charge in [0.25, 0.3) is 0 Å². The topological polar surface area (TPSA) is 104 Å². The highest BCUT2D eigenvalue weighted by Crippen LogP contribution is 2.39. The van der Waals surface area contributed by atoms with Gasteiger partial charge in [-0.2, -0.15) is 5.10 Å². The van der Waals surface area contributed by atoms with E-state index in [2.05, 4.69) is 40.2 Å². The van der Waals surface area contributed by atoms with E-state index in [0.29, 0.717) is 12.4 Å². The summed E-state index contributed by atoms with van der Waals surface area (Å²) in [6, 6.07) is 10.8. The van der Waals surface area contributed by atoms with Gasteiger partial charge in [-0.05, 0) is 81.2 Å². The second-order valence-electron chi connectivity index (χ2n) is 12.1. The third kappa shape index (κ3) is 6.53. The molecule has 3 aliphatic heterocycles. The molecule has 3 aliphatic rings. The fourth-order valence-electron chi connectivity index (χ4n) is 6.72. The van der Waals surface area contributed by atoms with E-state index in [1.165, 1.54) is 0 Å². The summed E-state index contributed by atoms with van der Waals surface area (Å²) < 4.78 is 24.6. The average molecular weight is 605 g/mol. The highest BCUT2D eigenvalue weighted by Gasteiger charge is 2.45. The van der Waals surface area contributed by atoms with Crippen LogP contribution in [0.15, 0.2) is 42.7 Å². The van der Waals surface area contributed by atoms with Crippen LogP contribution >= 0.6 is 0 Å². The summed E-state index contributed by atoms with van der Waals surface area (Å²) in [5.74, 6) is 1.47. The van der Waals surface area contributed by atoms with Crippen molar-refractivity contribution in [2.75, 3.05) is 39.1 Å². The lowest BCUT2D eigenvalue weighted by atomic mass is 9.96. The Kier molecular flexibility index (Phi) is 9.61. The molecule has 5 heterocycles. The van der Waals surface area contributed by atoms with Gasteiger partial charge < -0.3 is 28.7 Å². The summed E-state index contributed by atoms with van der Waals surface area (Å²) in [6.07, 6.45) is 12.7. The number of unbranched alkanes of at least 4 members (excludes halogenated alkanes) is 1. The van der Waals surface area contributed by atoms with Crippen molar-refractivity contribution in [2.45, 2.75) is 89.1 Å². The molecule has 0 aliphatic carbocycles. The van der Waals surface area contributed by atoms with E-state index in [0.717, 1.165) is 92.6 Å². The van der Waals surface area contributed by atoms with Crippen LogP contribution in [0, 0.1) is 0 Å². The fourth-order valence-corrected chi connectivity index (χ4v) is 6.72. The van der Waals surface area contributed by atoms with Crippen molar-refractivity contribution in [3.8, 4) is 28.1 Å². The van der Waals surface area contributed by atoms with Crippen molar-refractivity contribution < 1.29 is 23.7 Å². The van der Waals surface area contributed by atoms with Crippen LogP contribution in [0.2, 0.25) is 0 Å². The van der Waals surface area contributed by atoms with Crippen molar-refractivity contribution >= 4 is 11.9 Å². The number of hydrogen-bond acceptors (Lipinski definition) is 9. The molecule has 0 N–H and O–H groups in total. The van der Waals surface area contributed by atoms with Crippen molar-refractivity contribution in [3.05, 3.63) is 42.7 Å². The molecule has 0 radical (unpaired) electrons. The molecule has 11 nitrogen and oxygen atoms in total. The zero-order valence-electron chi connectivity index (χ0n) is 26.1. The number of methoxy groups -OCH3 is 1. The smallest absolute Gasteiger partial charge is 0.410 e. The average Bonchev–Trinajstić information content (AvgIpc) is 3.66. The summed E-state index contributed by atoms with van der Waals surface area (Å²) in [5.41, 5.74) is 3.53. The minimum atomic E-state index is -0.152. The first kappa shape index (κ1) is 30.3. The molecule has 44 heavy (non-hydrogen) atoms. The highest BCUT2D eigenvalue weighted by atomic mass is 16.7. The van der Waals surface area contributed by atoms with E-state index < -0.39 is 0 Å². The van der Waals surface area contributed by atoms with Gasteiger partial charge in [-0.3, -0.25) is 0 Å². The number of ether oxygens (including phenoxy) is 4. The zero-order chi connectivity index (χ0) is 30.5. The number of carbonyl (C=O) groups excluding carboxylic acids is 1. The summed E-state index contributed by atoms with van der Waals surface area (Å²) in [7, 11) is 3.68. The van der Waals surface area contributed by atoms with E-state index >= 15 is 0 Å². The molecule has 2 bridgehead atoms. The lowest BCUT2D eigenvalue weighted by Gasteiger charge is -2.41. The Balaban J connectivity index is 1.14. The molecule has 3 fully saturated rings. The van der Waals surface area contributed by atoms with Gasteiger partial charge in [-0.25, -0.2) is 9.48 Å². The number of amides is 1. The number of rotatable bonds is 11. The largest absolute Gasteiger partial charge is 0.467 e. The quantitative estimate of drug-likeness (QED) is 0.191. The molecule has 3 saturated heterocycles. The van der Waals surface area contributed by atoms with E-state index in [-0.39, 0.29) is 37.2 Å². The van der Waals surface area contributed by atoms with Crippen LogP contribution in [0.25, 0.3) is 22.4 Å². The number of fused-ring (bicyclic) bond motifs is 2. The van der Waals surface area contributed by atoms with Crippen molar-refractivity contribution in [2.24, 2.45) is 0 Å². The molecular weight excluding hydrogens is 560 g/mol. The van der Waals surface area contributed by atoms with Gasteiger partial charge in [-0.1, -0.05) is 19.4 Å². The van der Waals surface area contributed by atoms with Crippen LogP contribution in [0.1, 0.15) is 70.9 Å². The van der Waals surface area contributed by atoms with Gasteiger partial charge in [0.1, 0.15) is 12.0 Å². The first-order chi connectivity index (χ1) is 21.6. The Bertz CT molecular complexity index is 1380. The standard InChI is InChI=1S/C33H44N6O5/c1-4-5-15-43-33(40)39-25-10-11-26(39)19-27(18-25)37(2)31-14-13-29(35-36-31)28-12-9-23(17-30(28)44-22-41-3)24-20-34-38(21-24)32-8-6-7-16-42-32/h9,12-14,17,20-21,25-27,32H,4-8,10-11,15-16,18-19,22H2,1-3H3/t25-,26+,27?,32?. The van der Waals surface area contributed by atoms with E-state index in [4.69, 9.17) is 18.9 Å². The van der Waals surface area contributed by atoms with Gasteiger partial charge in [0.2, 0.25) is 0 Å². The highest BCUT2D eigenvalue weighted by molar-refractivity contribution is 5.74. The Morgan fingerprint density at radius 3 is 2.61 bits per heavy atom. The molecular formula is C33H44N6O5. The maximum absolute atomic E-state index is 12.8. The van der Waals surface area contributed by atoms with Crippen molar-refractivity contribution in [3.63, 3.8) is 0 Å². The van der Waals surface area contributed by atoms with E-state index in [9.17, 15) is 4.79 Å². The second kappa shape index (κ2) is 13.9. The van der Waals surface area contributed by atoms with Gasteiger partial charge in [-0.15, -0.1) is 10.2 Å². The van der Waals surface area contributed by atoms with Gasteiger partial charge in [0, 0.05) is 56.2 Å². The first-order valence-corrected chi connectivity index (χ1v) is 16.0. The normalized spacial score (nSPS) is 23.0. The minimum absolute atomic E-state index is 0.0114. The van der Waals surface area contributed by atoms with Crippen molar-refractivity contribution in [1.82, 2.24) is 24.9 Å². The van der Waals surface area contributed by atoms with E-state index in [1.807, 2.05) is 46.2 Å². The van der Waals surface area contributed by atoms with E-state index in [1.54, 1.807) is 7.11 Å². The Morgan fingerprint density at radius 1 is 1.07 bits per heavy atom. The Morgan fingerprint density at radius 2 is 1.91 bits per heavy atom. The number of aromatic nitrogens is 4. The summed E-state index contributed by atoms with van der Waals surface area (Å²) in [6.45, 7) is 3.49. The predicted molar refractivity (Wildman–Crippen MR) is 166 cm³/mol. The van der Waals surface area contributed by atoms with Crippen LogP contribution in [0.3, 0.4) is 0 Å². The molecule has 11 heteroatoms. The Hall–Kier alpha value is -3.70. The summed E-state index contributed by atoms with van der Waals surface area (Å²) in [4.78, 5) is 17.0.